The van der Waals surface area contributed by atoms with Crippen molar-refractivity contribution in [3.05, 3.63) is 64.7 Å². The molecule has 1 aromatic carbocycles. The second-order valence-electron chi connectivity index (χ2n) is 11.4. The van der Waals surface area contributed by atoms with Crippen molar-refractivity contribution in [2.75, 3.05) is 24.3 Å². The number of rotatable bonds is 8. The number of halogens is 4. The van der Waals surface area contributed by atoms with Crippen LogP contribution in [0.1, 0.15) is 50.8 Å². The summed E-state index contributed by atoms with van der Waals surface area (Å²) in [6.07, 6.45) is 0.0699. The predicted octanol–water partition coefficient (Wildman–Crippen LogP) is 6.04. The van der Waals surface area contributed by atoms with E-state index in [-0.39, 0.29) is 18.3 Å². The Kier molecular flexibility index (Phi) is 7.29. The van der Waals surface area contributed by atoms with Crippen LogP contribution in [0.15, 0.2) is 48.6 Å². The van der Waals surface area contributed by atoms with E-state index in [1.54, 1.807) is 24.4 Å². The van der Waals surface area contributed by atoms with Gasteiger partial charge in [0.2, 0.25) is 5.88 Å². The van der Waals surface area contributed by atoms with Crippen LogP contribution in [0, 0.1) is 16.7 Å². The first-order valence-corrected chi connectivity index (χ1v) is 13.4. The lowest BCUT2D eigenvalue weighted by Gasteiger charge is -2.28. The molecular formula is C28H30ClF3N8O. The van der Waals surface area contributed by atoms with Crippen LogP contribution >= 0.6 is 11.6 Å². The van der Waals surface area contributed by atoms with Gasteiger partial charge in [0.15, 0.2) is 5.54 Å². The number of fused-ring (bicyclic) bond motifs is 1. The Labute approximate surface area is 240 Å². The van der Waals surface area contributed by atoms with E-state index in [1.807, 2.05) is 6.07 Å². The van der Waals surface area contributed by atoms with Crippen LogP contribution in [0.2, 0.25) is 5.02 Å². The number of anilines is 2. The van der Waals surface area contributed by atoms with Gasteiger partial charge in [0.1, 0.15) is 6.07 Å². The van der Waals surface area contributed by atoms with Crippen LogP contribution in [-0.2, 0) is 0 Å². The fourth-order valence-corrected chi connectivity index (χ4v) is 4.95. The fraction of sp³-hybridized carbons (Fsp3) is 0.393. The standard InChI is InChI=1S/C28H30ClF3N8O/c1-26(2,3)15-36-23-17(12-33)13-35-25-19(23)10-18(11-20(25)29)37-24(16-5-8-34-22(9-16)41-4)21-14-40(39-38-21)27(6-7-27)28(30,31)32/h5,8-11,13-14,24,37-39H,6-7,15H2,1-4H3,(H,35,36)/t24-/m0/s1. The Morgan fingerprint density at radius 1 is 1.22 bits per heavy atom. The summed E-state index contributed by atoms with van der Waals surface area (Å²) in [6, 6.07) is 8.50. The van der Waals surface area contributed by atoms with Crippen molar-refractivity contribution in [3.63, 3.8) is 0 Å². The number of nitrogens with zero attached hydrogens (tertiary/aromatic N) is 4. The van der Waals surface area contributed by atoms with Crippen molar-refractivity contribution in [1.82, 2.24) is 25.9 Å². The quantitative estimate of drug-likeness (QED) is 0.251. The fourth-order valence-electron chi connectivity index (χ4n) is 4.68. The van der Waals surface area contributed by atoms with Gasteiger partial charge in [-0.3, -0.25) is 9.99 Å². The minimum Gasteiger partial charge on any atom is -0.481 e. The molecule has 1 fully saturated rings. The molecule has 0 unspecified atom stereocenters. The largest absolute Gasteiger partial charge is 0.481 e. The molecule has 2 aliphatic rings. The number of hydrazine groups is 2. The topological polar surface area (TPSA) is 110 Å². The molecule has 41 heavy (non-hydrogen) atoms. The highest BCUT2D eigenvalue weighted by Crippen LogP contribution is 2.53. The average molecular weight is 587 g/mol. The normalized spacial score (nSPS) is 17.0. The predicted molar refractivity (Wildman–Crippen MR) is 151 cm³/mol. The molecule has 3 heterocycles. The van der Waals surface area contributed by atoms with E-state index in [2.05, 4.69) is 58.4 Å². The van der Waals surface area contributed by atoms with Crippen molar-refractivity contribution >= 4 is 33.9 Å². The van der Waals surface area contributed by atoms with Crippen LogP contribution in [0.25, 0.3) is 10.9 Å². The summed E-state index contributed by atoms with van der Waals surface area (Å²) in [7, 11) is 1.49. The second kappa shape index (κ2) is 10.5. The monoisotopic (exact) mass is 586 g/mol. The Morgan fingerprint density at radius 2 is 1.98 bits per heavy atom. The minimum absolute atomic E-state index is 0.00497. The summed E-state index contributed by atoms with van der Waals surface area (Å²) in [5.74, 6) is 0.347. The molecule has 0 radical (unpaired) electrons. The Hall–Kier alpha value is -3.95. The molecule has 3 aromatic rings. The lowest BCUT2D eigenvalue weighted by molar-refractivity contribution is -0.195. The van der Waals surface area contributed by atoms with Gasteiger partial charge < -0.3 is 20.8 Å². The number of nitrogens with one attached hydrogen (secondary N) is 4. The second-order valence-corrected chi connectivity index (χ2v) is 11.8. The molecule has 5 rings (SSSR count). The smallest absolute Gasteiger partial charge is 0.413 e. The summed E-state index contributed by atoms with van der Waals surface area (Å²) in [6.45, 7) is 6.82. The summed E-state index contributed by atoms with van der Waals surface area (Å²) in [5, 5.41) is 18.6. The first kappa shape index (κ1) is 28.6. The first-order valence-electron chi connectivity index (χ1n) is 13.0. The summed E-state index contributed by atoms with van der Waals surface area (Å²) < 4.78 is 46.8. The van der Waals surface area contributed by atoms with Crippen molar-refractivity contribution in [2.24, 2.45) is 5.41 Å². The lowest BCUT2D eigenvalue weighted by Crippen LogP contribution is -2.52. The zero-order valence-electron chi connectivity index (χ0n) is 22.9. The van der Waals surface area contributed by atoms with Crippen molar-refractivity contribution in [3.8, 4) is 11.9 Å². The molecule has 4 N–H and O–H groups in total. The third-order valence-corrected chi connectivity index (χ3v) is 7.35. The Morgan fingerprint density at radius 3 is 2.61 bits per heavy atom. The number of hydrogen-bond acceptors (Lipinski definition) is 9. The molecule has 9 nitrogen and oxygen atoms in total. The zero-order chi connectivity index (χ0) is 29.6. The van der Waals surface area contributed by atoms with Crippen molar-refractivity contribution < 1.29 is 17.9 Å². The summed E-state index contributed by atoms with van der Waals surface area (Å²) in [4.78, 5) is 8.57. The third-order valence-electron chi connectivity index (χ3n) is 7.07. The van der Waals surface area contributed by atoms with E-state index in [9.17, 15) is 18.4 Å². The summed E-state index contributed by atoms with van der Waals surface area (Å²) in [5.41, 5.74) is 6.75. The van der Waals surface area contributed by atoms with Crippen LogP contribution in [0.3, 0.4) is 0 Å². The lowest BCUT2D eigenvalue weighted by atomic mass is 9.96. The van der Waals surface area contributed by atoms with Gasteiger partial charge in [-0.2, -0.15) is 18.4 Å². The van der Waals surface area contributed by atoms with Gasteiger partial charge in [0, 0.05) is 42.3 Å². The summed E-state index contributed by atoms with van der Waals surface area (Å²) >= 11 is 6.68. The first-order chi connectivity index (χ1) is 19.3. The molecule has 0 spiro atoms. The molecule has 1 aliphatic carbocycles. The minimum atomic E-state index is -4.40. The molecule has 13 heteroatoms. The number of alkyl halides is 3. The van der Waals surface area contributed by atoms with E-state index < -0.39 is 17.8 Å². The van der Waals surface area contributed by atoms with Gasteiger partial charge in [-0.1, -0.05) is 32.4 Å². The highest BCUT2D eigenvalue weighted by Gasteiger charge is 2.67. The highest BCUT2D eigenvalue weighted by molar-refractivity contribution is 6.35. The molecule has 1 saturated carbocycles. The molecule has 0 saturated heterocycles. The van der Waals surface area contributed by atoms with E-state index in [1.165, 1.54) is 19.5 Å². The molecule has 1 atom stereocenters. The molecule has 0 bridgehead atoms. The number of benzene rings is 1. The number of pyridine rings is 2. The van der Waals surface area contributed by atoms with E-state index in [0.717, 1.165) is 5.01 Å². The third kappa shape index (κ3) is 5.64. The van der Waals surface area contributed by atoms with Gasteiger partial charge in [-0.05, 0) is 42.0 Å². The number of hydrogen-bond donors (Lipinski definition) is 4. The number of nitriles is 1. The number of methoxy groups -OCH3 is 1. The maximum absolute atomic E-state index is 13.8. The van der Waals surface area contributed by atoms with Crippen LogP contribution < -0.4 is 26.3 Å². The van der Waals surface area contributed by atoms with E-state index in [0.29, 0.717) is 56.5 Å². The van der Waals surface area contributed by atoms with Gasteiger partial charge in [-0.25, -0.2) is 4.98 Å². The van der Waals surface area contributed by atoms with Crippen LogP contribution in [0.4, 0.5) is 24.5 Å². The molecule has 216 valence electrons. The van der Waals surface area contributed by atoms with Gasteiger partial charge in [0.05, 0.1) is 40.6 Å². The number of ether oxygens (including phenoxy) is 1. The van der Waals surface area contributed by atoms with Crippen molar-refractivity contribution in [1.29, 1.82) is 5.26 Å². The maximum Gasteiger partial charge on any atom is 0.413 e. The zero-order valence-corrected chi connectivity index (χ0v) is 23.7. The van der Waals surface area contributed by atoms with Gasteiger partial charge in [-0.15, -0.1) is 5.53 Å². The Bertz CT molecular complexity index is 1540. The highest BCUT2D eigenvalue weighted by atomic mass is 35.5. The molecule has 0 amide bonds. The maximum atomic E-state index is 13.8. The van der Waals surface area contributed by atoms with Crippen molar-refractivity contribution in [2.45, 2.75) is 51.4 Å². The van der Waals surface area contributed by atoms with E-state index in [4.69, 9.17) is 16.3 Å². The van der Waals surface area contributed by atoms with Gasteiger partial charge >= 0.3 is 6.18 Å². The van der Waals surface area contributed by atoms with Crippen LogP contribution in [-0.4, -0.2) is 40.3 Å². The molecular weight excluding hydrogens is 557 g/mol. The van der Waals surface area contributed by atoms with Crippen LogP contribution in [0.5, 0.6) is 5.88 Å². The average Bonchev–Trinajstić information content (AvgIpc) is 3.61. The van der Waals surface area contributed by atoms with Gasteiger partial charge in [0.25, 0.3) is 0 Å². The molecule has 2 aromatic heterocycles. The Balaban J connectivity index is 1.57. The SMILES string of the molecule is COc1cc([C@H](Nc2cc(Cl)c3ncc(C#N)c(NCC(C)(C)C)c3c2)C2=CN(C3(C(F)(F)F)CC3)NN2)ccn1. The van der Waals surface area contributed by atoms with E-state index >= 15 is 0 Å². The number of aromatic nitrogens is 2. The molecule has 1 aliphatic heterocycles.